The van der Waals surface area contributed by atoms with E-state index < -0.39 is 10.9 Å². The molecule has 0 aliphatic carbocycles. The van der Waals surface area contributed by atoms with Gasteiger partial charge in [-0.2, -0.15) is 0 Å². The lowest BCUT2D eigenvalue weighted by Crippen LogP contribution is -2.44. The van der Waals surface area contributed by atoms with Crippen LogP contribution in [0, 0.1) is 10.1 Å². The van der Waals surface area contributed by atoms with Crippen LogP contribution < -0.4 is 15.0 Å². The number of esters is 1. The van der Waals surface area contributed by atoms with Crippen molar-refractivity contribution >= 4 is 23.3 Å². The molecule has 1 aromatic rings. The van der Waals surface area contributed by atoms with Crippen LogP contribution in [0.3, 0.4) is 0 Å². The number of non-ortho nitro benzene ring substituents is 1. The number of nitrogens with one attached hydrogen (secondary N) is 1. The van der Waals surface area contributed by atoms with E-state index in [-0.39, 0.29) is 56.8 Å². The van der Waals surface area contributed by atoms with E-state index in [0.717, 1.165) is 6.07 Å². The van der Waals surface area contributed by atoms with Crippen molar-refractivity contribution in [3.63, 3.8) is 0 Å². The van der Waals surface area contributed by atoms with Gasteiger partial charge in [-0.25, -0.2) is 4.79 Å². The molecule has 1 aromatic carbocycles. The molecular formula is C14H17N3O7. The van der Waals surface area contributed by atoms with Gasteiger partial charge in [0.2, 0.25) is 5.91 Å². The fraction of sp³-hybridized carbons (Fsp3) is 0.429. The first-order valence-corrected chi connectivity index (χ1v) is 7.20. The molecule has 10 nitrogen and oxygen atoms in total. The number of carbonyl (C=O) groups excluding carboxylic acids is 2. The zero-order valence-electron chi connectivity index (χ0n) is 12.8. The van der Waals surface area contributed by atoms with Gasteiger partial charge in [-0.15, -0.1) is 0 Å². The third-order valence-electron chi connectivity index (χ3n) is 3.18. The Bertz CT molecular complexity index is 635. The van der Waals surface area contributed by atoms with Gasteiger partial charge in [0.1, 0.15) is 6.54 Å². The van der Waals surface area contributed by atoms with E-state index in [1.54, 1.807) is 0 Å². The molecule has 0 aromatic heterocycles. The molecule has 1 aliphatic rings. The quantitative estimate of drug-likeness (QED) is 0.212. The number of aliphatic hydroxyl groups is 1. The van der Waals surface area contributed by atoms with E-state index in [0.29, 0.717) is 5.69 Å². The minimum Gasteiger partial charge on any atom is -0.423 e. The zero-order chi connectivity index (χ0) is 17.5. The summed E-state index contributed by atoms with van der Waals surface area (Å²) in [6.45, 7) is 0.410. The molecule has 0 spiro atoms. The molecular weight excluding hydrogens is 322 g/mol. The van der Waals surface area contributed by atoms with Crippen LogP contribution in [0.2, 0.25) is 0 Å². The summed E-state index contributed by atoms with van der Waals surface area (Å²) in [5, 5.41) is 22.0. The molecule has 130 valence electrons. The molecule has 0 bridgehead atoms. The van der Waals surface area contributed by atoms with Crippen molar-refractivity contribution in [1.82, 2.24) is 5.32 Å². The van der Waals surface area contributed by atoms with Gasteiger partial charge in [0.25, 0.3) is 5.69 Å². The summed E-state index contributed by atoms with van der Waals surface area (Å²) in [6, 6.07) is 3.88. The van der Waals surface area contributed by atoms with Crippen LogP contribution in [0.1, 0.15) is 0 Å². The smallest absolute Gasteiger partial charge is 0.331 e. The Hall–Kier alpha value is -2.72. The molecule has 2 N–H and O–H groups in total. The summed E-state index contributed by atoms with van der Waals surface area (Å²) in [7, 11) is 0. The van der Waals surface area contributed by atoms with Gasteiger partial charge in [0, 0.05) is 12.6 Å². The second-order valence-electron chi connectivity index (χ2n) is 4.93. The molecule has 0 atom stereocenters. The SMILES string of the molecule is O=C(CN1CC(=O)Oc2cc([N+](=O)[O-])ccc21)NCCOCCO. The van der Waals surface area contributed by atoms with E-state index in [2.05, 4.69) is 5.32 Å². The van der Waals surface area contributed by atoms with Crippen LogP contribution in [0.25, 0.3) is 0 Å². The maximum absolute atomic E-state index is 11.9. The Kier molecular flexibility index (Phi) is 6.04. The van der Waals surface area contributed by atoms with Gasteiger partial charge in [-0.1, -0.05) is 0 Å². The first kappa shape index (κ1) is 17.6. The number of fused-ring (bicyclic) bond motifs is 1. The Labute approximate surface area is 137 Å². The number of nitro groups is 1. The number of benzene rings is 1. The second kappa shape index (κ2) is 8.22. The predicted octanol–water partition coefficient (Wildman–Crippen LogP) is -0.555. The first-order valence-electron chi connectivity index (χ1n) is 7.20. The summed E-state index contributed by atoms with van der Waals surface area (Å²) < 4.78 is 10.0. The van der Waals surface area contributed by atoms with Gasteiger partial charge in [0.05, 0.1) is 43.0 Å². The molecule has 1 heterocycles. The summed E-state index contributed by atoms with van der Waals surface area (Å²) in [5.41, 5.74) is 0.237. The number of nitrogens with zero attached hydrogens (tertiary/aromatic N) is 2. The third-order valence-corrected chi connectivity index (χ3v) is 3.18. The maximum Gasteiger partial charge on any atom is 0.331 e. The highest BCUT2D eigenvalue weighted by Gasteiger charge is 2.27. The lowest BCUT2D eigenvalue weighted by Gasteiger charge is -2.28. The number of ether oxygens (including phenoxy) is 2. The average molecular weight is 339 g/mol. The highest BCUT2D eigenvalue weighted by Crippen LogP contribution is 2.34. The zero-order valence-corrected chi connectivity index (χ0v) is 12.8. The molecule has 10 heteroatoms. The number of amides is 1. The maximum atomic E-state index is 11.9. The Morgan fingerprint density at radius 2 is 2.25 bits per heavy atom. The normalized spacial score (nSPS) is 13.2. The van der Waals surface area contributed by atoms with Crippen molar-refractivity contribution in [2.24, 2.45) is 0 Å². The molecule has 2 rings (SSSR count). The van der Waals surface area contributed by atoms with E-state index in [9.17, 15) is 19.7 Å². The number of hydrogen-bond donors (Lipinski definition) is 2. The third kappa shape index (κ3) is 4.64. The molecule has 1 aliphatic heterocycles. The van der Waals surface area contributed by atoms with E-state index in [4.69, 9.17) is 14.6 Å². The topological polar surface area (TPSA) is 131 Å². The number of anilines is 1. The van der Waals surface area contributed by atoms with Crippen LogP contribution in [-0.2, 0) is 14.3 Å². The number of aliphatic hydroxyl groups excluding tert-OH is 1. The van der Waals surface area contributed by atoms with Gasteiger partial charge in [0.15, 0.2) is 5.75 Å². The van der Waals surface area contributed by atoms with Crippen molar-refractivity contribution in [1.29, 1.82) is 0 Å². The highest BCUT2D eigenvalue weighted by atomic mass is 16.6. The minimum atomic E-state index is -0.595. The standard InChI is InChI=1S/C14H17N3O7/c18-4-6-23-5-3-15-13(19)8-16-9-14(20)24-12-7-10(17(21)22)1-2-11(12)16/h1-2,7,18H,3-6,8-9H2,(H,15,19). The molecule has 0 unspecified atom stereocenters. The highest BCUT2D eigenvalue weighted by molar-refractivity contribution is 5.89. The summed E-state index contributed by atoms with van der Waals surface area (Å²) >= 11 is 0. The molecule has 1 amide bonds. The Balaban J connectivity index is 1.98. The van der Waals surface area contributed by atoms with Crippen molar-refractivity contribution in [2.75, 3.05) is 44.4 Å². The first-order chi connectivity index (χ1) is 11.5. The largest absolute Gasteiger partial charge is 0.423 e. The van der Waals surface area contributed by atoms with Crippen LogP contribution in [0.4, 0.5) is 11.4 Å². The lowest BCUT2D eigenvalue weighted by molar-refractivity contribution is -0.384. The van der Waals surface area contributed by atoms with Gasteiger partial charge in [-0.05, 0) is 6.07 Å². The van der Waals surface area contributed by atoms with Crippen LogP contribution in [0.15, 0.2) is 18.2 Å². The second-order valence-corrected chi connectivity index (χ2v) is 4.93. The number of rotatable bonds is 8. The number of nitro benzene ring substituents is 1. The predicted molar refractivity (Wildman–Crippen MR) is 81.9 cm³/mol. The fourth-order valence-corrected chi connectivity index (χ4v) is 2.15. The van der Waals surface area contributed by atoms with E-state index in [1.165, 1.54) is 17.0 Å². The molecule has 0 saturated carbocycles. The van der Waals surface area contributed by atoms with Crippen molar-refractivity contribution in [3.8, 4) is 5.75 Å². The minimum absolute atomic E-state index is 0.0551. The summed E-state index contributed by atoms with van der Waals surface area (Å²) in [4.78, 5) is 35.2. The molecule has 0 saturated heterocycles. The Morgan fingerprint density at radius 1 is 1.46 bits per heavy atom. The van der Waals surface area contributed by atoms with Crippen LogP contribution >= 0.6 is 0 Å². The van der Waals surface area contributed by atoms with Crippen molar-refractivity contribution < 1.29 is 29.1 Å². The number of carbonyl (C=O) groups is 2. The van der Waals surface area contributed by atoms with E-state index >= 15 is 0 Å². The monoisotopic (exact) mass is 339 g/mol. The molecule has 0 radical (unpaired) electrons. The molecule has 24 heavy (non-hydrogen) atoms. The summed E-state index contributed by atoms with van der Waals surface area (Å²) in [5.74, 6) is -0.872. The molecule has 0 fully saturated rings. The van der Waals surface area contributed by atoms with Gasteiger partial charge in [-0.3, -0.25) is 14.9 Å². The van der Waals surface area contributed by atoms with Crippen molar-refractivity contribution in [2.45, 2.75) is 0 Å². The Morgan fingerprint density at radius 3 is 2.96 bits per heavy atom. The van der Waals surface area contributed by atoms with Gasteiger partial charge < -0.3 is 24.8 Å². The van der Waals surface area contributed by atoms with Crippen molar-refractivity contribution in [3.05, 3.63) is 28.3 Å². The summed E-state index contributed by atoms with van der Waals surface area (Å²) in [6.07, 6.45) is 0. The van der Waals surface area contributed by atoms with Crippen LogP contribution in [0.5, 0.6) is 5.75 Å². The van der Waals surface area contributed by atoms with E-state index in [1.807, 2.05) is 0 Å². The lowest BCUT2D eigenvalue weighted by atomic mass is 10.2. The number of hydrogen-bond acceptors (Lipinski definition) is 8. The fourth-order valence-electron chi connectivity index (χ4n) is 2.15. The van der Waals surface area contributed by atoms with Gasteiger partial charge >= 0.3 is 5.97 Å². The average Bonchev–Trinajstić information content (AvgIpc) is 2.53. The van der Waals surface area contributed by atoms with Crippen LogP contribution in [-0.4, -0.2) is 61.4 Å².